The van der Waals surface area contributed by atoms with Gasteiger partial charge < -0.3 is 0 Å². The average molecular weight is 255 g/mol. The van der Waals surface area contributed by atoms with Gasteiger partial charge in [-0.2, -0.15) is 5.26 Å². The van der Waals surface area contributed by atoms with Gasteiger partial charge in [0.1, 0.15) is 15.4 Å². The first-order chi connectivity index (χ1) is 8.72. The minimum atomic E-state index is -0.0339. The standard InChI is InChI=1S/C13H9N3OS/c1-8(17)16-10-5-3-2-4-9(10)12-13(16)18-11(15-12)6-7-14/h2-5H,6H2,1H3. The molecule has 0 aliphatic carbocycles. The molecular weight excluding hydrogens is 246 g/mol. The molecule has 0 bridgehead atoms. The van der Waals surface area contributed by atoms with Crippen molar-refractivity contribution in [1.29, 1.82) is 5.26 Å². The Bertz CT molecular complexity index is 807. The second kappa shape index (κ2) is 3.93. The summed E-state index contributed by atoms with van der Waals surface area (Å²) in [7, 11) is 0. The lowest BCUT2D eigenvalue weighted by Gasteiger charge is -1.98. The fourth-order valence-corrected chi connectivity index (χ4v) is 3.18. The van der Waals surface area contributed by atoms with Crippen LogP contribution in [-0.2, 0) is 6.42 Å². The molecule has 0 saturated heterocycles. The third-order valence-corrected chi connectivity index (χ3v) is 3.84. The molecule has 0 fully saturated rings. The van der Waals surface area contributed by atoms with Crippen molar-refractivity contribution < 1.29 is 4.79 Å². The lowest BCUT2D eigenvalue weighted by atomic mass is 10.2. The summed E-state index contributed by atoms with van der Waals surface area (Å²) in [6, 6.07) is 9.78. The molecule has 4 nitrogen and oxygen atoms in total. The molecule has 2 heterocycles. The second-order valence-corrected chi connectivity index (χ2v) is 5.03. The molecule has 0 amide bonds. The molecule has 3 rings (SSSR count). The first-order valence-corrected chi connectivity index (χ1v) is 6.30. The van der Waals surface area contributed by atoms with Crippen molar-refractivity contribution in [2.75, 3.05) is 0 Å². The van der Waals surface area contributed by atoms with Gasteiger partial charge >= 0.3 is 0 Å². The van der Waals surface area contributed by atoms with Crippen LogP contribution in [0.25, 0.3) is 21.3 Å². The number of rotatable bonds is 1. The average Bonchev–Trinajstić information content (AvgIpc) is 2.85. The Kier molecular flexibility index (Phi) is 2.39. The number of para-hydroxylation sites is 1. The molecule has 1 aromatic carbocycles. The van der Waals surface area contributed by atoms with Gasteiger partial charge in [-0.25, -0.2) is 4.98 Å². The van der Waals surface area contributed by atoms with E-state index in [2.05, 4.69) is 11.1 Å². The summed E-state index contributed by atoms with van der Waals surface area (Å²) >= 11 is 1.41. The number of nitrogens with zero attached hydrogens (tertiary/aromatic N) is 3. The SMILES string of the molecule is CC(=O)n1c2ccccc2c2nc(CC#N)sc21. The number of nitriles is 1. The smallest absolute Gasteiger partial charge is 0.229 e. The fourth-order valence-electron chi connectivity index (χ4n) is 2.12. The van der Waals surface area contributed by atoms with E-state index in [1.165, 1.54) is 18.3 Å². The number of carbonyl (C=O) groups is 1. The first kappa shape index (κ1) is 10.9. The number of carbonyl (C=O) groups excluding carboxylic acids is 1. The van der Waals surface area contributed by atoms with Gasteiger partial charge in [-0.3, -0.25) is 9.36 Å². The second-order valence-electron chi connectivity index (χ2n) is 3.97. The maximum Gasteiger partial charge on any atom is 0.229 e. The maximum absolute atomic E-state index is 11.8. The molecule has 0 aliphatic heterocycles. The third-order valence-electron chi connectivity index (χ3n) is 2.80. The van der Waals surface area contributed by atoms with Crippen LogP contribution in [0.15, 0.2) is 24.3 Å². The predicted octanol–water partition coefficient (Wildman–Crippen LogP) is 2.98. The summed E-state index contributed by atoms with van der Waals surface area (Å²) in [5.74, 6) is -0.0339. The van der Waals surface area contributed by atoms with E-state index in [0.29, 0.717) is 0 Å². The molecule has 0 spiro atoms. The first-order valence-electron chi connectivity index (χ1n) is 5.49. The lowest BCUT2D eigenvalue weighted by Crippen LogP contribution is -2.03. The van der Waals surface area contributed by atoms with Gasteiger partial charge in [0, 0.05) is 12.3 Å². The molecule has 0 aliphatic rings. The van der Waals surface area contributed by atoms with Gasteiger partial charge in [0.2, 0.25) is 5.91 Å². The van der Waals surface area contributed by atoms with Crippen molar-refractivity contribution in [3.05, 3.63) is 29.3 Å². The molecule has 18 heavy (non-hydrogen) atoms. The largest absolute Gasteiger partial charge is 0.274 e. The van der Waals surface area contributed by atoms with Crippen molar-refractivity contribution in [1.82, 2.24) is 9.55 Å². The normalized spacial score (nSPS) is 10.9. The summed E-state index contributed by atoms with van der Waals surface area (Å²) in [6.45, 7) is 1.54. The van der Waals surface area contributed by atoms with Crippen molar-refractivity contribution in [2.45, 2.75) is 13.3 Å². The van der Waals surface area contributed by atoms with E-state index in [1.54, 1.807) is 4.57 Å². The van der Waals surface area contributed by atoms with E-state index < -0.39 is 0 Å². The van der Waals surface area contributed by atoms with Crippen molar-refractivity contribution >= 4 is 38.5 Å². The highest BCUT2D eigenvalue weighted by atomic mass is 32.1. The van der Waals surface area contributed by atoms with E-state index in [1.807, 2.05) is 24.3 Å². The number of aromatic nitrogens is 2. The van der Waals surface area contributed by atoms with Crippen LogP contribution >= 0.6 is 11.3 Å². The molecule has 0 radical (unpaired) electrons. The Morgan fingerprint density at radius 2 is 2.28 bits per heavy atom. The molecule has 3 aromatic rings. The number of benzene rings is 1. The molecule has 88 valence electrons. The minimum Gasteiger partial charge on any atom is -0.274 e. The van der Waals surface area contributed by atoms with Crippen molar-refractivity contribution in [3.8, 4) is 6.07 Å². The van der Waals surface area contributed by atoms with Crippen LogP contribution < -0.4 is 0 Å². The van der Waals surface area contributed by atoms with Gasteiger partial charge in [-0.15, -0.1) is 0 Å². The summed E-state index contributed by atoms with van der Waals surface area (Å²) in [6.07, 6.45) is 0.283. The zero-order chi connectivity index (χ0) is 12.7. The van der Waals surface area contributed by atoms with E-state index >= 15 is 0 Å². The Balaban J connectivity index is 2.45. The molecule has 2 aromatic heterocycles. The monoisotopic (exact) mass is 255 g/mol. The minimum absolute atomic E-state index is 0.0339. The third kappa shape index (κ3) is 1.43. The number of hydrogen-bond donors (Lipinski definition) is 0. The molecule has 0 saturated carbocycles. The molecule has 0 N–H and O–H groups in total. The van der Waals surface area contributed by atoms with Gasteiger partial charge in [-0.05, 0) is 6.07 Å². The Morgan fingerprint density at radius 1 is 1.50 bits per heavy atom. The topological polar surface area (TPSA) is 58.7 Å². The quantitative estimate of drug-likeness (QED) is 0.671. The predicted molar refractivity (Wildman–Crippen MR) is 70.7 cm³/mol. The van der Waals surface area contributed by atoms with Crippen LogP contribution in [0.3, 0.4) is 0 Å². The summed E-state index contributed by atoms with van der Waals surface area (Å²) in [5.41, 5.74) is 1.69. The molecule has 0 unspecified atom stereocenters. The highest BCUT2D eigenvalue weighted by molar-refractivity contribution is 7.18. The van der Waals surface area contributed by atoms with Crippen LogP contribution in [0.5, 0.6) is 0 Å². The fraction of sp³-hybridized carbons (Fsp3) is 0.154. The van der Waals surface area contributed by atoms with E-state index in [-0.39, 0.29) is 12.3 Å². The van der Waals surface area contributed by atoms with Crippen LogP contribution in [0, 0.1) is 11.3 Å². The molecule has 5 heteroatoms. The van der Waals surface area contributed by atoms with E-state index in [0.717, 1.165) is 26.3 Å². The Morgan fingerprint density at radius 3 is 3.00 bits per heavy atom. The number of thiazole rings is 1. The zero-order valence-corrected chi connectivity index (χ0v) is 10.5. The molecule has 0 atom stereocenters. The van der Waals surface area contributed by atoms with Crippen LogP contribution in [0.4, 0.5) is 0 Å². The summed E-state index contributed by atoms with van der Waals surface area (Å²) < 4.78 is 1.67. The van der Waals surface area contributed by atoms with E-state index in [9.17, 15) is 4.79 Å². The highest BCUT2D eigenvalue weighted by Gasteiger charge is 2.17. The van der Waals surface area contributed by atoms with Gasteiger partial charge in [-0.1, -0.05) is 29.5 Å². The van der Waals surface area contributed by atoms with Gasteiger partial charge in [0.05, 0.1) is 18.0 Å². The van der Waals surface area contributed by atoms with Crippen molar-refractivity contribution in [2.24, 2.45) is 0 Å². The van der Waals surface area contributed by atoms with Crippen LogP contribution in [0.1, 0.15) is 16.7 Å². The molecular formula is C13H9N3OS. The zero-order valence-electron chi connectivity index (χ0n) is 9.67. The van der Waals surface area contributed by atoms with Crippen LogP contribution in [-0.4, -0.2) is 15.5 Å². The highest BCUT2D eigenvalue weighted by Crippen LogP contribution is 2.32. The Hall–Kier alpha value is -2.19. The van der Waals surface area contributed by atoms with Crippen LogP contribution in [0.2, 0.25) is 0 Å². The van der Waals surface area contributed by atoms with Gasteiger partial charge in [0.15, 0.2) is 0 Å². The lowest BCUT2D eigenvalue weighted by molar-refractivity contribution is 0.0947. The summed E-state index contributed by atoms with van der Waals surface area (Å²) in [4.78, 5) is 17.1. The number of fused-ring (bicyclic) bond motifs is 3. The van der Waals surface area contributed by atoms with Crippen molar-refractivity contribution in [3.63, 3.8) is 0 Å². The Labute approximate surface area is 107 Å². The van der Waals surface area contributed by atoms with Gasteiger partial charge in [0.25, 0.3) is 0 Å². The number of hydrogen-bond acceptors (Lipinski definition) is 4. The summed E-state index contributed by atoms with van der Waals surface area (Å²) in [5, 5.41) is 10.4. The van der Waals surface area contributed by atoms with E-state index in [4.69, 9.17) is 5.26 Å². The maximum atomic E-state index is 11.8.